The van der Waals surface area contributed by atoms with Crippen molar-refractivity contribution in [2.45, 2.75) is 65.6 Å². The predicted octanol–water partition coefficient (Wildman–Crippen LogP) is 2.51. The average Bonchev–Trinajstić information content (AvgIpc) is 2.30. The lowest BCUT2D eigenvalue weighted by molar-refractivity contribution is -0.0000632. The minimum atomic E-state index is 0.160. The highest BCUT2D eigenvalue weighted by Gasteiger charge is 2.36. The summed E-state index contributed by atoms with van der Waals surface area (Å²) in [7, 11) is 2.03. The fourth-order valence-corrected chi connectivity index (χ4v) is 2.50. The Balaban J connectivity index is 4.75. The van der Waals surface area contributed by atoms with Gasteiger partial charge in [0.2, 0.25) is 0 Å². The van der Waals surface area contributed by atoms with Crippen molar-refractivity contribution in [2.75, 3.05) is 26.7 Å². The van der Waals surface area contributed by atoms with Gasteiger partial charge in [0.1, 0.15) is 0 Å². The number of ether oxygens (including phenoxy) is 1. The summed E-state index contributed by atoms with van der Waals surface area (Å²) < 4.78 is 5.79. The zero-order chi connectivity index (χ0) is 13.5. The smallest absolute Gasteiger partial charge is 0.0641 e. The van der Waals surface area contributed by atoms with Crippen LogP contribution in [0.5, 0.6) is 0 Å². The van der Waals surface area contributed by atoms with Gasteiger partial charge in [0.25, 0.3) is 0 Å². The topological polar surface area (TPSA) is 24.5 Å². The maximum atomic E-state index is 5.79. The van der Waals surface area contributed by atoms with Gasteiger partial charge in [-0.1, -0.05) is 20.8 Å². The van der Waals surface area contributed by atoms with E-state index in [0.29, 0.717) is 12.1 Å². The van der Waals surface area contributed by atoms with Gasteiger partial charge in [0.05, 0.1) is 12.7 Å². The lowest BCUT2D eigenvalue weighted by Gasteiger charge is -2.45. The molecule has 17 heavy (non-hydrogen) atoms. The van der Waals surface area contributed by atoms with E-state index in [1.54, 1.807) is 0 Å². The van der Waals surface area contributed by atoms with E-state index in [9.17, 15) is 0 Å². The lowest BCUT2D eigenvalue weighted by atomic mass is 9.87. The molecule has 104 valence electrons. The molecule has 0 aliphatic heterocycles. The summed E-state index contributed by atoms with van der Waals surface area (Å²) in [5, 5.41) is 3.43. The minimum absolute atomic E-state index is 0.160. The first-order valence-electron chi connectivity index (χ1n) is 7.00. The maximum absolute atomic E-state index is 5.79. The predicted molar refractivity (Wildman–Crippen MR) is 75.6 cm³/mol. The Morgan fingerprint density at radius 3 is 2.00 bits per heavy atom. The Morgan fingerprint density at radius 2 is 1.71 bits per heavy atom. The van der Waals surface area contributed by atoms with Crippen LogP contribution in [0.3, 0.4) is 0 Å². The van der Waals surface area contributed by atoms with Crippen molar-refractivity contribution in [1.82, 2.24) is 10.2 Å². The summed E-state index contributed by atoms with van der Waals surface area (Å²) in [6.45, 7) is 16.2. The summed E-state index contributed by atoms with van der Waals surface area (Å²) in [5.74, 6) is 0. The molecule has 0 radical (unpaired) electrons. The van der Waals surface area contributed by atoms with Gasteiger partial charge in [-0.2, -0.15) is 0 Å². The zero-order valence-corrected chi connectivity index (χ0v) is 12.8. The van der Waals surface area contributed by atoms with E-state index in [-0.39, 0.29) is 5.54 Å². The molecule has 0 aromatic carbocycles. The molecule has 0 saturated carbocycles. The van der Waals surface area contributed by atoms with Gasteiger partial charge >= 0.3 is 0 Å². The fourth-order valence-electron chi connectivity index (χ4n) is 2.50. The normalized spacial score (nSPS) is 17.5. The molecule has 0 aromatic rings. The van der Waals surface area contributed by atoms with Crippen LogP contribution in [-0.4, -0.2) is 49.3 Å². The molecule has 0 bridgehead atoms. The van der Waals surface area contributed by atoms with E-state index in [1.165, 1.54) is 0 Å². The largest absolute Gasteiger partial charge is 0.377 e. The second-order valence-electron chi connectivity index (χ2n) is 5.11. The SMILES string of the molecule is CCN(CC)C(C)(CC)C(COC(C)C)NC. The van der Waals surface area contributed by atoms with Crippen molar-refractivity contribution < 1.29 is 4.74 Å². The molecule has 1 N–H and O–H groups in total. The standard InChI is InChI=1S/C14H32N2O/c1-8-14(6,16(9-2)10-3)13(15-7)11-17-12(4)5/h12-13,15H,8-11H2,1-7H3. The van der Waals surface area contributed by atoms with Crippen LogP contribution in [0.15, 0.2) is 0 Å². The van der Waals surface area contributed by atoms with E-state index in [1.807, 2.05) is 7.05 Å². The fraction of sp³-hybridized carbons (Fsp3) is 1.00. The van der Waals surface area contributed by atoms with Crippen LogP contribution in [0.4, 0.5) is 0 Å². The third-order valence-corrected chi connectivity index (χ3v) is 3.90. The van der Waals surface area contributed by atoms with Crippen molar-refractivity contribution in [1.29, 1.82) is 0 Å². The van der Waals surface area contributed by atoms with Crippen molar-refractivity contribution in [3.8, 4) is 0 Å². The van der Waals surface area contributed by atoms with E-state index in [2.05, 4.69) is 51.8 Å². The second-order valence-corrected chi connectivity index (χ2v) is 5.11. The van der Waals surface area contributed by atoms with Crippen LogP contribution in [0.2, 0.25) is 0 Å². The highest BCUT2D eigenvalue weighted by atomic mass is 16.5. The first-order valence-corrected chi connectivity index (χ1v) is 7.00. The van der Waals surface area contributed by atoms with Crippen molar-refractivity contribution >= 4 is 0 Å². The monoisotopic (exact) mass is 244 g/mol. The highest BCUT2D eigenvalue weighted by Crippen LogP contribution is 2.24. The van der Waals surface area contributed by atoms with Crippen LogP contribution < -0.4 is 5.32 Å². The Morgan fingerprint density at radius 1 is 1.18 bits per heavy atom. The average molecular weight is 244 g/mol. The number of hydrogen-bond donors (Lipinski definition) is 1. The van der Waals surface area contributed by atoms with Gasteiger partial charge < -0.3 is 10.1 Å². The quantitative estimate of drug-likeness (QED) is 0.674. The van der Waals surface area contributed by atoms with Gasteiger partial charge in [-0.15, -0.1) is 0 Å². The van der Waals surface area contributed by atoms with E-state index >= 15 is 0 Å². The third-order valence-electron chi connectivity index (χ3n) is 3.90. The number of rotatable bonds is 9. The van der Waals surface area contributed by atoms with Gasteiger partial charge in [-0.05, 0) is 47.3 Å². The molecule has 0 aliphatic rings. The highest BCUT2D eigenvalue weighted by molar-refractivity contribution is 4.95. The first kappa shape index (κ1) is 16.9. The number of nitrogens with one attached hydrogen (secondary N) is 1. The van der Waals surface area contributed by atoms with Crippen LogP contribution in [-0.2, 0) is 4.74 Å². The third kappa shape index (κ3) is 4.57. The molecule has 3 heteroatoms. The summed E-state index contributed by atoms with van der Waals surface area (Å²) in [4.78, 5) is 2.53. The van der Waals surface area contributed by atoms with E-state index < -0.39 is 0 Å². The van der Waals surface area contributed by atoms with Gasteiger partial charge in [-0.25, -0.2) is 0 Å². The van der Waals surface area contributed by atoms with Gasteiger partial charge in [-0.3, -0.25) is 4.90 Å². The Bertz CT molecular complexity index is 193. The van der Waals surface area contributed by atoms with Crippen molar-refractivity contribution in [3.05, 3.63) is 0 Å². The summed E-state index contributed by atoms with van der Waals surface area (Å²) in [6.07, 6.45) is 1.42. The molecule has 0 spiro atoms. The van der Waals surface area contributed by atoms with E-state index in [4.69, 9.17) is 4.74 Å². The lowest BCUT2D eigenvalue weighted by Crippen LogP contribution is -2.60. The van der Waals surface area contributed by atoms with Crippen LogP contribution >= 0.6 is 0 Å². The van der Waals surface area contributed by atoms with Crippen LogP contribution in [0.1, 0.15) is 48.0 Å². The van der Waals surface area contributed by atoms with Crippen LogP contribution in [0, 0.1) is 0 Å². The van der Waals surface area contributed by atoms with Crippen LogP contribution in [0.25, 0.3) is 0 Å². The molecule has 0 saturated heterocycles. The maximum Gasteiger partial charge on any atom is 0.0641 e. The Hall–Kier alpha value is -0.120. The number of hydrogen-bond acceptors (Lipinski definition) is 3. The van der Waals surface area contributed by atoms with E-state index in [0.717, 1.165) is 26.1 Å². The molecule has 0 amide bonds. The van der Waals surface area contributed by atoms with Gasteiger partial charge in [0.15, 0.2) is 0 Å². The van der Waals surface area contributed by atoms with Gasteiger partial charge in [0, 0.05) is 11.6 Å². The van der Waals surface area contributed by atoms with Crippen molar-refractivity contribution in [2.24, 2.45) is 0 Å². The molecule has 0 aromatic heterocycles. The van der Waals surface area contributed by atoms with Crippen molar-refractivity contribution in [3.63, 3.8) is 0 Å². The zero-order valence-electron chi connectivity index (χ0n) is 12.8. The molecule has 0 rings (SSSR count). The molecule has 2 atom stereocenters. The summed E-state index contributed by atoms with van der Waals surface area (Å²) >= 11 is 0. The second kappa shape index (κ2) is 8.06. The molecule has 3 nitrogen and oxygen atoms in total. The number of likely N-dealkylation sites (N-methyl/N-ethyl adjacent to an activating group) is 2. The Labute approximate surface area is 108 Å². The Kier molecular flexibility index (Phi) is 8.01. The molecule has 0 heterocycles. The molecule has 2 unspecified atom stereocenters. The molecule has 0 aliphatic carbocycles. The number of nitrogens with zero attached hydrogens (tertiary/aromatic N) is 1. The molecular weight excluding hydrogens is 212 g/mol. The molecule has 0 fully saturated rings. The summed E-state index contributed by atoms with van der Waals surface area (Å²) in [5.41, 5.74) is 0.160. The molecular formula is C14H32N2O. The minimum Gasteiger partial charge on any atom is -0.377 e. The first-order chi connectivity index (χ1) is 7.96. The summed E-state index contributed by atoms with van der Waals surface area (Å²) in [6, 6.07) is 0.370.